The number of hydrogen-bond donors (Lipinski definition) is 6. The normalized spacial score (nSPS) is 29.5. The highest BCUT2D eigenvalue weighted by molar-refractivity contribution is 14.1. The van der Waals surface area contributed by atoms with E-state index in [9.17, 15) is 34.8 Å². The second-order valence-corrected chi connectivity index (χ2v) is 9.72. The number of primary amides is 1. The van der Waals surface area contributed by atoms with Crippen molar-refractivity contribution in [2.75, 3.05) is 19.0 Å². The number of carbonyl (C=O) groups is 3. The third-order valence-electron chi connectivity index (χ3n) is 6.67. The van der Waals surface area contributed by atoms with Gasteiger partial charge < -0.3 is 36.8 Å². The molecule has 1 amide bonds. The minimum absolute atomic E-state index is 0.0125. The zero-order valence-electron chi connectivity index (χ0n) is 17.2. The van der Waals surface area contributed by atoms with E-state index < -0.39 is 58.0 Å². The first-order chi connectivity index (χ1) is 14.8. The molecule has 170 valence electrons. The fourth-order valence-electron chi connectivity index (χ4n) is 5.13. The summed E-state index contributed by atoms with van der Waals surface area (Å²) < 4.78 is 0.420. The van der Waals surface area contributed by atoms with Gasteiger partial charge in [0, 0.05) is 31.3 Å². The van der Waals surface area contributed by atoms with Crippen LogP contribution in [0.15, 0.2) is 28.7 Å². The molecule has 0 heterocycles. The summed E-state index contributed by atoms with van der Waals surface area (Å²) in [5, 5.41) is 43.3. The Morgan fingerprint density at radius 1 is 1.25 bits per heavy atom. The summed E-state index contributed by atoms with van der Waals surface area (Å²) in [4.78, 5) is 40.0. The summed E-state index contributed by atoms with van der Waals surface area (Å²) in [5.74, 6) is -7.11. The van der Waals surface area contributed by atoms with Crippen LogP contribution in [0.5, 0.6) is 5.75 Å². The van der Waals surface area contributed by atoms with Gasteiger partial charge in [-0.3, -0.25) is 14.4 Å². The molecular weight excluding hydrogens is 533 g/mol. The van der Waals surface area contributed by atoms with Crippen molar-refractivity contribution in [3.63, 3.8) is 0 Å². The van der Waals surface area contributed by atoms with E-state index in [1.165, 1.54) is 0 Å². The van der Waals surface area contributed by atoms with Gasteiger partial charge in [0.05, 0.1) is 15.2 Å². The number of amides is 1. The Labute approximate surface area is 196 Å². The largest absolute Gasteiger partial charge is 0.510 e. The molecule has 11 heteroatoms. The number of hydrogen-bond acceptors (Lipinski definition) is 9. The number of halogens is 1. The summed E-state index contributed by atoms with van der Waals surface area (Å²) in [5.41, 5.74) is 8.68. The molecule has 0 bridgehead atoms. The van der Waals surface area contributed by atoms with E-state index in [2.05, 4.69) is 0 Å². The maximum Gasteiger partial charge on any atom is 0.255 e. The van der Waals surface area contributed by atoms with Crippen molar-refractivity contribution in [3.05, 3.63) is 43.4 Å². The zero-order chi connectivity index (χ0) is 23.9. The van der Waals surface area contributed by atoms with Crippen LogP contribution < -0.4 is 16.4 Å². The van der Waals surface area contributed by atoms with Crippen LogP contribution >= 0.6 is 22.6 Å². The van der Waals surface area contributed by atoms with Gasteiger partial charge in [-0.15, -0.1) is 0 Å². The van der Waals surface area contributed by atoms with E-state index in [4.69, 9.17) is 11.5 Å². The molecule has 4 rings (SSSR count). The maximum absolute atomic E-state index is 13.5. The molecule has 3 aliphatic rings. The quantitative estimate of drug-likeness (QED) is 0.219. The fraction of sp³-hybridized carbons (Fsp3) is 0.381. The lowest BCUT2D eigenvalue weighted by molar-refractivity contribution is -0.145. The van der Waals surface area contributed by atoms with Gasteiger partial charge in [0.25, 0.3) is 5.91 Å². The molecule has 0 saturated carbocycles. The number of nitrogens with two attached hydrogens (primary N) is 2. The van der Waals surface area contributed by atoms with Crippen molar-refractivity contribution in [2.24, 2.45) is 23.3 Å². The number of Topliss-reactive ketones (excluding diaryl/α,β-unsaturated/α-hetero) is 2. The molecule has 3 aliphatic carbocycles. The van der Waals surface area contributed by atoms with Crippen LogP contribution in [-0.2, 0) is 16.0 Å². The monoisotopic (exact) mass is 555 g/mol. The Morgan fingerprint density at radius 2 is 1.88 bits per heavy atom. The van der Waals surface area contributed by atoms with Crippen LogP contribution in [0.1, 0.15) is 22.3 Å². The van der Waals surface area contributed by atoms with Crippen LogP contribution in [-0.4, -0.2) is 63.6 Å². The van der Waals surface area contributed by atoms with Gasteiger partial charge in [-0.25, -0.2) is 0 Å². The topological polar surface area (TPSA) is 187 Å². The smallest absolute Gasteiger partial charge is 0.255 e. The van der Waals surface area contributed by atoms with Crippen molar-refractivity contribution in [1.82, 2.24) is 0 Å². The highest BCUT2D eigenvalue weighted by Gasteiger charge is 2.62. The molecule has 10 nitrogen and oxygen atoms in total. The molecular formula is C21H22IN3O7. The summed E-state index contributed by atoms with van der Waals surface area (Å²) in [6.45, 7) is 0. The number of nitrogens with zero attached hydrogens (tertiary/aromatic N) is 1. The molecule has 1 aromatic rings. The molecule has 1 unspecified atom stereocenters. The minimum atomic E-state index is -2.70. The van der Waals surface area contributed by atoms with Gasteiger partial charge in [-0.1, -0.05) is 0 Å². The van der Waals surface area contributed by atoms with Gasteiger partial charge in [-0.2, -0.15) is 0 Å². The third kappa shape index (κ3) is 2.74. The lowest BCUT2D eigenvalue weighted by Crippen LogP contribution is -2.63. The van der Waals surface area contributed by atoms with Crippen LogP contribution in [0, 0.1) is 15.4 Å². The van der Waals surface area contributed by atoms with Gasteiger partial charge in [-0.05, 0) is 53.0 Å². The average Bonchev–Trinajstić information content (AvgIpc) is 2.70. The Bertz CT molecular complexity index is 1170. The number of allylic oxidation sites excluding steroid dienone is 1. The molecule has 0 fully saturated rings. The van der Waals surface area contributed by atoms with Crippen molar-refractivity contribution in [1.29, 1.82) is 0 Å². The van der Waals surface area contributed by atoms with Gasteiger partial charge in [0.1, 0.15) is 22.8 Å². The van der Waals surface area contributed by atoms with Crippen molar-refractivity contribution < 1.29 is 34.8 Å². The number of benzene rings is 1. The predicted molar refractivity (Wildman–Crippen MR) is 121 cm³/mol. The molecule has 0 aromatic heterocycles. The van der Waals surface area contributed by atoms with Crippen LogP contribution in [0.2, 0.25) is 0 Å². The highest BCUT2D eigenvalue weighted by Crippen LogP contribution is 2.52. The second-order valence-electron chi connectivity index (χ2n) is 8.55. The van der Waals surface area contributed by atoms with Gasteiger partial charge in [0.2, 0.25) is 5.78 Å². The lowest BCUT2D eigenvalue weighted by atomic mass is 9.59. The highest BCUT2D eigenvalue weighted by atomic mass is 127. The van der Waals surface area contributed by atoms with Gasteiger partial charge >= 0.3 is 0 Å². The number of aromatic hydroxyl groups is 1. The van der Waals surface area contributed by atoms with E-state index in [0.717, 1.165) is 0 Å². The first-order valence-electron chi connectivity index (χ1n) is 9.79. The lowest BCUT2D eigenvalue weighted by Gasteiger charge is -2.48. The summed E-state index contributed by atoms with van der Waals surface area (Å²) in [6, 6.07) is 0.373. The Kier molecular flexibility index (Phi) is 5.06. The van der Waals surface area contributed by atoms with Gasteiger partial charge in [0.15, 0.2) is 11.4 Å². The molecule has 0 radical (unpaired) electrons. The number of carbonyl (C=O) groups excluding carboxylic acids is 3. The SMILES string of the molecule is CN(C)c1cc(I)c(O)c2c1C[C@H]1C[C@H]3C(N)C(O)=C(C(N)=O)C(=O)[C@@]3(O)C(O)=C1C2=O. The van der Waals surface area contributed by atoms with Crippen molar-refractivity contribution in [3.8, 4) is 5.75 Å². The van der Waals surface area contributed by atoms with Crippen molar-refractivity contribution in [2.45, 2.75) is 24.5 Å². The molecule has 32 heavy (non-hydrogen) atoms. The first-order valence-corrected chi connectivity index (χ1v) is 10.9. The maximum atomic E-state index is 13.5. The molecule has 4 atom stereocenters. The Balaban J connectivity index is 1.97. The number of phenols is 1. The zero-order valence-corrected chi connectivity index (χ0v) is 19.4. The number of aliphatic hydroxyl groups excluding tert-OH is 2. The number of ketones is 2. The van der Waals surface area contributed by atoms with E-state index in [-0.39, 0.29) is 29.7 Å². The van der Waals surface area contributed by atoms with E-state index in [1.807, 2.05) is 22.6 Å². The molecule has 0 aliphatic heterocycles. The molecule has 1 aromatic carbocycles. The molecule has 0 spiro atoms. The second kappa shape index (κ2) is 7.18. The number of anilines is 1. The standard InChI is InChI=1S/C21H22IN3O7/c1-25(2)10-5-9(22)15(26)12-7(10)3-6-4-8-14(23)17(28)13(20(24)31)19(30)21(8,32)18(29)11(6)16(12)27/h5-6,8,14,26,28-29,32H,3-4,23H2,1-2H3,(H2,24,31)/t6-,8-,14?,21-/m0/s1. The number of rotatable bonds is 2. The molecule has 8 N–H and O–H groups in total. The fourth-order valence-corrected chi connectivity index (χ4v) is 5.69. The summed E-state index contributed by atoms with van der Waals surface area (Å²) >= 11 is 1.89. The Hall–Kier alpha value is -2.64. The van der Waals surface area contributed by atoms with Crippen molar-refractivity contribution >= 4 is 45.8 Å². The van der Waals surface area contributed by atoms with E-state index in [0.29, 0.717) is 14.8 Å². The average molecular weight is 555 g/mol. The summed E-state index contributed by atoms with van der Waals surface area (Å²) in [6.07, 6.45) is 0.197. The van der Waals surface area contributed by atoms with Crippen LogP contribution in [0.25, 0.3) is 0 Å². The van der Waals surface area contributed by atoms with Crippen LogP contribution in [0.3, 0.4) is 0 Å². The number of aliphatic hydroxyl groups is 3. The van der Waals surface area contributed by atoms with E-state index in [1.54, 1.807) is 25.1 Å². The van der Waals surface area contributed by atoms with E-state index >= 15 is 0 Å². The number of fused-ring (bicyclic) bond motifs is 3. The summed E-state index contributed by atoms with van der Waals surface area (Å²) in [7, 11) is 3.58. The first kappa shape index (κ1) is 22.6. The third-order valence-corrected chi connectivity index (χ3v) is 7.49. The minimum Gasteiger partial charge on any atom is -0.510 e. The molecule has 0 saturated heterocycles. The number of phenolic OH excluding ortho intramolecular Hbond substituents is 1. The predicted octanol–water partition coefficient (Wildman–Crippen LogP) is 0.188. The Morgan fingerprint density at radius 3 is 2.44 bits per heavy atom. The van der Waals surface area contributed by atoms with Crippen LogP contribution in [0.4, 0.5) is 5.69 Å².